The summed E-state index contributed by atoms with van der Waals surface area (Å²) in [4.78, 5) is 0. The second kappa shape index (κ2) is 4.20. The summed E-state index contributed by atoms with van der Waals surface area (Å²) in [5.74, 6) is 0.963. The summed E-state index contributed by atoms with van der Waals surface area (Å²) >= 11 is 9.36. The third kappa shape index (κ3) is 2.30. The molecule has 0 saturated heterocycles. The van der Waals surface area contributed by atoms with Crippen LogP contribution in [0.3, 0.4) is 0 Å². The van der Waals surface area contributed by atoms with Gasteiger partial charge in [-0.1, -0.05) is 27.5 Å². The van der Waals surface area contributed by atoms with Crippen molar-refractivity contribution in [2.75, 3.05) is 0 Å². The Morgan fingerprint density at radius 1 is 1.13 bits per heavy atom. The van der Waals surface area contributed by atoms with Crippen molar-refractivity contribution < 1.29 is 0 Å². The summed E-state index contributed by atoms with van der Waals surface area (Å²) in [6.07, 6.45) is 0. The Morgan fingerprint density at radius 2 is 1.80 bits per heavy atom. The predicted molar refractivity (Wildman–Crippen MR) is 60.5 cm³/mol. The molecular formula is C9H6BrClN4. The van der Waals surface area contributed by atoms with Gasteiger partial charge in [0, 0.05) is 10.0 Å². The van der Waals surface area contributed by atoms with E-state index in [9.17, 15) is 0 Å². The lowest BCUT2D eigenvalue weighted by Crippen LogP contribution is -1.98. The molecule has 0 spiro atoms. The average Bonchev–Trinajstić information content (AvgIpc) is 2.20. The average molecular weight is 286 g/mol. The number of nitrogens with zero attached hydrogens (tertiary/aromatic N) is 4. The molecule has 0 amide bonds. The van der Waals surface area contributed by atoms with Crippen molar-refractivity contribution in [3.8, 4) is 11.4 Å². The van der Waals surface area contributed by atoms with Crippen LogP contribution in [0.4, 0.5) is 0 Å². The van der Waals surface area contributed by atoms with E-state index in [2.05, 4.69) is 36.3 Å². The van der Waals surface area contributed by atoms with E-state index < -0.39 is 0 Å². The number of rotatable bonds is 1. The summed E-state index contributed by atoms with van der Waals surface area (Å²) in [5, 5.41) is 16.0. The summed E-state index contributed by atoms with van der Waals surface area (Å²) in [6.45, 7) is 1.73. The number of halogens is 2. The number of benzene rings is 1. The Morgan fingerprint density at radius 3 is 2.40 bits per heavy atom. The number of hydrogen-bond donors (Lipinski definition) is 0. The smallest absolute Gasteiger partial charge is 0.131 e. The fourth-order valence-corrected chi connectivity index (χ4v) is 1.82. The summed E-state index contributed by atoms with van der Waals surface area (Å²) in [7, 11) is 0. The Labute approximate surface area is 99.8 Å². The molecule has 0 N–H and O–H groups in total. The second-order valence-electron chi connectivity index (χ2n) is 2.89. The Kier molecular flexibility index (Phi) is 2.93. The molecule has 1 aromatic carbocycles. The molecule has 0 aliphatic rings. The largest absolute Gasteiger partial charge is 0.205 e. The van der Waals surface area contributed by atoms with Gasteiger partial charge in [-0.25, -0.2) is 0 Å². The van der Waals surface area contributed by atoms with Gasteiger partial charge in [0.15, 0.2) is 5.82 Å². The van der Waals surface area contributed by atoms with Crippen LogP contribution in [-0.4, -0.2) is 20.4 Å². The molecule has 0 unspecified atom stereocenters. The van der Waals surface area contributed by atoms with E-state index in [1.165, 1.54) is 0 Å². The molecule has 1 aromatic heterocycles. The zero-order valence-electron chi connectivity index (χ0n) is 7.78. The van der Waals surface area contributed by atoms with E-state index >= 15 is 0 Å². The minimum atomic E-state index is 0.429. The van der Waals surface area contributed by atoms with Gasteiger partial charge in [-0.15, -0.1) is 20.4 Å². The Balaban J connectivity index is 2.49. The molecule has 2 aromatic rings. The standard InChI is InChI=1S/C9H6BrClN4/c1-5-12-14-9(15-13-5)7-3-2-6(10)4-8(7)11/h2-4H,1H3. The molecule has 0 aliphatic carbocycles. The lowest BCUT2D eigenvalue weighted by atomic mass is 10.2. The highest BCUT2D eigenvalue weighted by Crippen LogP contribution is 2.27. The highest BCUT2D eigenvalue weighted by molar-refractivity contribution is 9.10. The Hall–Kier alpha value is -1.07. The predicted octanol–water partition coefficient (Wildman–Crippen LogP) is 2.66. The minimum Gasteiger partial charge on any atom is -0.131 e. The SMILES string of the molecule is Cc1nnc(-c2ccc(Br)cc2Cl)nn1. The van der Waals surface area contributed by atoms with Crippen LogP contribution in [0.2, 0.25) is 5.02 Å². The summed E-state index contributed by atoms with van der Waals surface area (Å²) in [6, 6.07) is 5.46. The maximum Gasteiger partial charge on any atom is 0.205 e. The third-order valence-corrected chi connectivity index (χ3v) is 2.56. The van der Waals surface area contributed by atoms with E-state index in [0.29, 0.717) is 16.7 Å². The van der Waals surface area contributed by atoms with Gasteiger partial charge in [-0.3, -0.25) is 0 Å². The molecule has 4 nitrogen and oxygen atoms in total. The van der Waals surface area contributed by atoms with Crippen molar-refractivity contribution in [2.45, 2.75) is 6.92 Å². The zero-order valence-corrected chi connectivity index (χ0v) is 10.1. The van der Waals surface area contributed by atoms with Gasteiger partial charge < -0.3 is 0 Å². The van der Waals surface area contributed by atoms with Crippen molar-refractivity contribution in [3.05, 3.63) is 33.5 Å². The first-order valence-corrected chi connectivity index (χ1v) is 5.33. The highest BCUT2D eigenvalue weighted by atomic mass is 79.9. The van der Waals surface area contributed by atoms with Crippen LogP contribution in [0.5, 0.6) is 0 Å². The molecule has 1 heterocycles. The molecule has 0 atom stereocenters. The van der Waals surface area contributed by atoms with Crippen LogP contribution in [0.25, 0.3) is 11.4 Å². The zero-order chi connectivity index (χ0) is 10.8. The van der Waals surface area contributed by atoms with Gasteiger partial charge in [0.25, 0.3) is 0 Å². The van der Waals surface area contributed by atoms with Crippen molar-refractivity contribution in [1.29, 1.82) is 0 Å². The van der Waals surface area contributed by atoms with Crippen LogP contribution < -0.4 is 0 Å². The van der Waals surface area contributed by atoms with E-state index in [0.717, 1.165) is 10.0 Å². The van der Waals surface area contributed by atoms with E-state index in [1.54, 1.807) is 13.0 Å². The number of hydrogen-bond acceptors (Lipinski definition) is 4. The quantitative estimate of drug-likeness (QED) is 0.808. The van der Waals surface area contributed by atoms with Crippen LogP contribution in [-0.2, 0) is 0 Å². The first-order chi connectivity index (χ1) is 7.16. The first-order valence-electron chi connectivity index (χ1n) is 4.16. The molecule has 0 bridgehead atoms. The van der Waals surface area contributed by atoms with Crippen LogP contribution in [0.1, 0.15) is 5.82 Å². The van der Waals surface area contributed by atoms with Gasteiger partial charge in [-0.05, 0) is 25.1 Å². The molecule has 0 saturated carbocycles. The molecule has 76 valence electrons. The number of aromatic nitrogens is 4. The van der Waals surface area contributed by atoms with Gasteiger partial charge in [0.1, 0.15) is 0 Å². The highest BCUT2D eigenvalue weighted by Gasteiger charge is 2.07. The minimum absolute atomic E-state index is 0.429. The Bertz CT molecular complexity index is 486. The van der Waals surface area contributed by atoms with Crippen molar-refractivity contribution in [3.63, 3.8) is 0 Å². The topological polar surface area (TPSA) is 51.6 Å². The molecule has 2 rings (SSSR count). The third-order valence-electron chi connectivity index (χ3n) is 1.75. The summed E-state index contributed by atoms with van der Waals surface area (Å²) in [5.41, 5.74) is 0.722. The van der Waals surface area contributed by atoms with Gasteiger partial charge in [0.2, 0.25) is 5.82 Å². The lowest BCUT2D eigenvalue weighted by Gasteiger charge is -2.01. The molecule has 15 heavy (non-hydrogen) atoms. The van der Waals surface area contributed by atoms with Crippen LogP contribution in [0.15, 0.2) is 22.7 Å². The summed E-state index contributed by atoms with van der Waals surface area (Å²) < 4.78 is 0.907. The van der Waals surface area contributed by atoms with Gasteiger partial charge in [0.05, 0.1) is 5.02 Å². The van der Waals surface area contributed by atoms with Crippen molar-refractivity contribution in [2.24, 2.45) is 0 Å². The van der Waals surface area contributed by atoms with Crippen LogP contribution in [0, 0.1) is 6.92 Å². The van der Waals surface area contributed by atoms with Gasteiger partial charge in [-0.2, -0.15) is 0 Å². The molecule has 6 heteroatoms. The maximum atomic E-state index is 6.04. The first kappa shape index (κ1) is 10.4. The monoisotopic (exact) mass is 284 g/mol. The van der Waals surface area contributed by atoms with E-state index in [4.69, 9.17) is 11.6 Å². The molecular weight excluding hydrogens is 279 g/mol. The van der Waals surface area contributed by atoms with Crippen LogP contribution >= 0.6 is 27.5 Å². The normalized spacial score (nSPS) is 10.3. The molecule has 0 fully saturated rings. The number of aryl methyl sites for hydroxylation is 1. The van der Waals surface area contributed by atoms with Crippen molar-refractivity contribution >= 4 is 27.5 Å². The van der Waals surface area contributed by atoms with Gasteiger partial charge >= 0.3 is 0 Å². The van der Waals surface area contributed by atoms with E-state index in [1.807, 2.05) is 12.1 Å². The maximum absolute atomic E-state index is 6.04. The lowest BCUT2D eigenvalue weighted by molar-refractivity contribution is 0.816. The van der Waals surface area contributed by atoms with Crippen molar-refractivity contribution in [1.82, 2.24) is 20.4 Å². The molecule has 0 aliphatic heterocycles. The second-order valence-corrected chi connectivity index (χ2v) is 4.22. The fraction of sp³-hybridized carbons (Fsp3) is 0.111. The fourth-order valence-electron chi connectivity index (χ4n) is 1.06. The molecule has 0 radical (unpaired) electrons. The van der Waals surface area contributed by atoms with E-state index in [-0.39, 0.29) is 0 Å².